The third kappa shape index (κ3) is 3.95. The topological polar surface area (TPSA) is 89.9 Å². The molecule has 4 rings (SSSR count). The number of rotatable bonds is 4. The Morgan fingerprint density at radius 2 is 1.97 bits per heavy atom. The largest absolute Gasteiger partial charge is 0.465 e. The van der Waals surface area contributed by atoms with E-state index in [1.807, 2.05) is 18.3 Å². The average Bonchev–Trinajstić information content (AvgIpc) is 3.21. The summed E-state index contributed by atoms with van der Waals surface area (Å²) in [5, 5.41) is 5.36. The molecule has 2 heterocycles. The zero-order valence-corrected chi connectivity index (χ0v) is 16.1. The number of ether oxygens (including phenoxy) is 1. The van der Waals surface area contributed by atoms with Crippen molar-refractivity contribution in [3.8, 4) is 5.69 Å². The lowest BCUT2D eigenvalue weighted by Crippen LogP contribution is -2.10. The van der Waals surface area contributed by atoms with Gasteiger partial charge >= 0.3 is 5.97 Å². The van der Waals surface area contributed by atoms with E-state index >= 15 is 0 Å². The van der Waals surface area contributed by atoms with Crippen LogP contribution in [0.25, 0.3) is 28.7 Å². The molecule has 0 spiro atoms. The Hall–Kier alpha value is -3.71. The summed E-state index contributed by atoms with van der Waals surface area (Å²) in [6.07, 6.45) is 7.00. The molecule has 0 atom stereocenters. The number of nitrogens with one attached hydrogen (secondary N) is 1. The summed E-state index contributed by atoms with van der Waals surface area (Å²) in [4.78, 5) is 31.1. The van der Waals surface area contributed by atoms with Gasteiger partial charge in [0.05, 0.1) is 35.5 Å². The predicted octanol–water partition coefficient (Wildman–Crippen LogP) is 3.72. The quantitative estimate of drug-likeness (QED) is 0.522. The molecule has 0 aliphatic carbocycles. The molecule has 0 saturated carbocycles. The number of nitrogens with zero attached hydrogens (tertiary/aromatic N) is 3. The second-order valence-corrected chi connectivity index (χ2v) is 6.64. The molecule has 144 valence electrons. The van der Waals surface area contributed by atoms with Crippen LogP contribution in [-0.4, -0.2) is 32.8 Å². The molecule has 8 heteroatoms. The maximum atomic E-state index is 12.3. The number of benzene rings is 2. The fourth-order valence-corrected chi connectivity index (χ4v) is 2.94. The second-order valence-electron chi connectivity index (χ2n) is 6.20. The molecule has 0 radical (unpaired) electrons. The Morgan fingerprint density at radius 1 is 1.17 bits per heavy atom. The number of hydrogen-bond donors (Lipinski definition) is 1. The molecule has 7 nitrogen and oxygen atoms in total. The lowest BCUT2D eigenvalue weighted by Gasteiger charge is -2.02. The first-order valence-electron chi connectivity index (χ1n) is 8.64. The molecule has 29 heavy (non-hydrogen) atoms. The highest BCUT2D eigenvalue weighted by Crippen LogP contribution is 2.15. The minimum absolute atomic E-state index is 0.289. The summed E-state index contributed by atoms with van der Waals surface area (Å²) in [5.41, 5.74) is 2.15. The maximum absolute atomic E-state index is 12.3. The first kappa shape index (κ1) is 18.6. The van der Waals surface area contributed by atoms with Crippen molar-refractivity contribution in [3.05, 3.63) is 87.2 Å². The fourth-order valence-electron chi connectivity index (χ4n) is 2.81. The van der Waals surface area contributed by atoms with Crippen molar-refractivity contribution >= 4 is 40.6 Å². The summed E-state index contributed by atoms with van der Waals surface area (Å²) in [5.74, 6) is -0.121. The SMILES string of the molecule is COC(=O)c1ccc2c(=O)[nH]c(/C=C\c3cnn(-c4ccc(Cl)cc4)c3)nc2c1. The standard InChI is InChI=1S/C21H15ClN4O3/c1-29-21(28)14-3-8-17-18(10-14)24-19(25-20(17)27)9-2-13-11-23-26(12-13)16-6-4-15(22)5-7-16/h2-12H,1H3,(H,24,25,27)/b9-2-. The molecule has 2 aromatic carbocycles. The van der Waals surface area contributed by atoms with Gasteiger partial charge in [-0.05, 0) is 54.6 Å². The molecular formula is C21H15ClN4O3. The Kier molecular flexibility index (Phi) is 4.97. The lowest BCUT2D eigenvalue weighted by molar-refractivity contribution is 0.0601. The van der Waals surface area contributed by atoms with E-state index in [2.05, 4.69) is 15.1 Å². The maximum Gasteiger partial charge on any atom is 0.337 e. The molecule has 0 fully saturated rings. The van der Waals surface area contributed by atoms with Gasteiger partial charge in [0.1, 0.15) is 5.82 Å². The molecule has 4 aromatic rings. The van der Waals surface area contributed by atoms with Crippen molar-refractivity contribution < 1.29 is 9.53 Å². The number of esters is 1. The van der Waals surface area contributed by atoms with Crippen molar-refractivity contribution in [1.82, 2.24) is 19.7 Å². The highest BCUT2D eigenvalue weighted by molar-refractivity contribution is 6.30. The van der Waals surface area contributed by atoms with E-state index in [0.717, 1.165) is 11.3 Å². The molecule has 0 amide bonds. The summed E-state index contributed by atoms with van der Waals surface area (Å²) < 4.78 is 6.43. The van der Waals surface area contributed by atoms with Crippen LogP contribution < -0.4 is 5.56 Å². The average molecular weight is 407 g/mol. The first-order valence-corrected chi connectivity index (χ1v) is 9.02. The van der Waals surface area contributed by atoms with E-state index in [0.29, 0.717) is 27.3 Å². The fraction of sp³-hybridized carbons (Fsp3) is 0.0476. The number of carbonyl (C=O) groups excluding carboxylic acids is 1. The molecule has 2 aromatic heterocycles. The number of aromatic amines is 1. The molecular weight excluding hydrogens is 392 g/mol. The lowest BCUT2D eigenvalue weighted by atomic mass is 10.1. The summed E-state index contributed by atoms with van der Waals surface area (Å²) in [7, 11) is 1.30. The van der Waals surface area contributed by atoms with E-state index < -0.39 is 5.97 Å². The van der Waals surface area contributed by atoms with Crippen LogP contribution in [0.15, 0.2) is 59.7 Å². The Morgan fingerprint density at radius 3 is 2.72 bits per heavy atom. The van der Waals surface area contributed by atoms with Crippen LogP contribution in [0.5, 0.6) is 0 Å². The number of carbonyl (C=O) groups is 1. The number of halogens is 1. The smallest absolute Gasteiger partial charge is 0.337 e. The Balaban J connectivity index is 1.63. The predicted molar refractivity (Wildman–Crippen MR) is 111 cm³/mol. The van der Waals surface area contributed by atoms with Crippen molar-refractivity contribution in [2.24, 2.45) is 0 Å². The van der Waals surface area contributed by atoms with E-state index in [4.69, 9.17) is 16.3 Å². The molecule has 0 saturated heterocycles. The van der Waals surface area contributed by atoms with Gasteiger partial charge in [0.15, 0.2) is 0 Å². The van der Waals surface area contributed by atoms with Gasteiger partial charge < -0.3 is 9.72 Å². The molecule has 0 unspecified atom stereocenters. The third-order valence-corrected chi connectivity index (χ3v) is 4.53. The van der Waals surface area contributed by atoms with Crippen molar-refractivity contribution in [2.45, 2.75) is 0 Å². The van der Waals surface area contributed by atoms with Crippen molar-refractivity contribution in [3.63, 3.8) is 0 Å². The van der Waals surface area contributed by atoms with Gasteiger partial charge in [0.2, 0.25) is 0 Å². The summed E-state index contributed by atoms with van der Waals surface area (Å²) >= 11 is 5.91. The highest BCUT2D eigenvalue weighted by Gasteiger charge is 2.09. The van der Waals surface area contributed by atoms with Crippen LogP contribution in [0.1, 0.15) is 21.7 Å². The van der Waals surface area contributed by atoms with E-state index in [-0.39, 0.29) is 5.56 Å². The Bertz CT molecular complexity index is 1290. The number of aromatic nitrogens is 4. The highest BCUT2D eigenvalue weighted by atomic mass is 35.5. The van der Waals surface area contributed by atoms with E-state index in [1.54, 1.807) is 41.2 Å². The number of methoxy groups -OCH3 is 1. The van der Waals surface area contributed by atoms with Gasteiger partial charge in [0.25, 0.3) is 5.56 Å². The van der Waals surface area contributed by atoms with Crippen LogP contribution in [0.3, 0.4) is 0 Å². The number of fused-ring (bicyclic) bond motifs is 1. The number of H-pyrrole nitrogens is 1. The van der Waals surface area contributed by atoms with Crippen LogP contribution in [0.4, 0.5) is 0 Å². The van der Waals surface area contributed by atoms with Crippen LogP contribution in [0, 0.1) is 0 Å². The molecule has 0 aliphatic rings. The van der Waals surface area contributed by atoms with Crippen LogP contribution in [-0.2, 0) is 4.74 Å². The minimum Gasteiger partial charge on any atom is -0.465 e. The van der Waals surface area contributed by atoms with Gasteiger partial charge in [-0.3, -0.25) is 4.79 Å². The summed E-state index contributed by atoms with van der Waals surface area (Å²) in [6.45, 7) is 0. The van der Waals surface area contributed by atoms with Crippen molar-refractivity contribution in [2.75, 3.05) is 7.11 Å². The first-order chi connectivity index (χ1) is 14.0. The van der Waals surface area contributed by atoms with Gasteiger partial charge in [0, 0.05) is 16.8 Å². The normalized spacial score (nSPS) is 11.2. The monoisotopic (exact) mass is 406 g/mol. The van der Waals surface area contributed by atoms with Gasteiger partial charge in [-0.25, -0.2) is 14.5 Å². The zero-order chi connectivity index (χ0) is 20.4. The number of hydrogen-bond acceptors (Lipinski definition) is 5. The summed E-state index contributed by atoms with van der Waals surface area (Å²) in [6, 6.07) is 11.9. The van der Waals surface area contributed by atoms with Gasteiger partial charge in [-0.2, -0.15) is 5.10 Å². The van der Waals surface area contributed by atoms with Gasteiger partial charge in [-0.15, -0.1) is 0 Å². The minimum atomic E-state index is -0.485. The van der Waals surface area contributed by atoms with Crippen molar-refractivity contribution in [1.29, 1.82) is 0 Å². The molecule has 0 bridgehead atoms. The second kappa shape index (κ2) is 7.73. The van der Waals surface area contributed by atoms with Crippen LogP contribution in [0.2, 0.25) is 5.02 Å². The van der Waals surface area contributed by atoms with Crippen LogP contribution >= 0.6 is 11.6 Å². The van der Waals surface area contributed by atoms with E-state index in [1.165, 1.54) is 19.2 Å². The molecule has 0 aliphatic heterocycles. The molecule has 1 N–H and O–H groups in total. The zero-order valence-electron chi connectivity index (χ0n) is 15.3. The third-order valence-electron chi connectivity index (χ3n) is 4.27. The van der Waals surface area contributed by atoms with E-state index in [9.17, 15) is 9.59 Å². The van der Waals surface area contributed by atoms with Gasteiger partial charge in [-0.1, -0.05) is 11.6 Å². The Labute approximate surface area is 170 Å².